The van der Waals surface area contributed by atoms with Gasteiger partial charge in [-0.25, -0.2) is 0 Å². The van der Waals surface area contributed by atoms with E-state index in [0.717, 1.165) is 12.0 Å². The van der Waals surface area contributed by atoms with E-state index in [-0.39, 0.29) is 0 Å². The molecule has 0 radical (unpaired) electrons. The lowest BCUT2D eigenvalue weighted by Crippen LogP contribution is -1.76. The number of hydrogen-bond acceptors (Lipinski definition) is 1. The lowest BCUT2D eigenvalue weighted by Gasteiger charge is -1.99. The van der Waals surface area contributed by atoms with Crippen molar-refractivity contribution in [1.29, 1.82) is 0 Å². The third-order valence-electron chi connectivity index (χ3n) is 1.80. The van der Waals surface area contributed by atoms with Crippen LogP contribution in [0.15, 0.2) is 42.5 Å². The number of para-hydroxylation sites is 1. The zero-order chi connectivity index (χ0) is 9.68. The Kier molecular flexibility index (Phi) is 3.32. The Bertz CT molecular complexity index is 324. The minimum absolute atomic E-state index is 0.325. The topological polar surface area (TPSA) is 20.2 Å². The van der Waals surface area contributed by atoms with Gasteiger partial charge in [0.25, 0.3) is 0 Å². The van der Waals surface area contributed by atoms with Crippen LogP contribution in [0.4, 0.5) is 0 Å². The van der Waals surface area contributed by atoms with Crippen LogP contribution < -0.4 is 0 Å². The number of allylic oxidation sites excluding steroid dienone is 2. The molecule has 1 heteroatoms. The molecule has 13 heavy (non-hydrogen) atoms. The summed E-state index contributed by atoms with van der Waals surface area (Å²) in [4.78, 5) is 0. The Labute approximate surface area is 79.0 Å². The van der Waals surface area contributed by atoms with Gasteiger partial charge >= 0.3 is 0 Å². The van der Waals surface area contributed by atoms with E-state index in [4.69, 9.17) is 0 Å². The van der Waals surface area contributed by atoms with E-state index in [2.05, 4.69) is 6.58 Å². The summed E-state index contributed by atoms with van der Waals surface area (Å²) in [5.41, 5.74) is 2.05. The van der Waals surface area contributed by atoms with Crippen LogP contribution in [0, 0.1) is 0 Å². The van der Waals surface area contributed by atoms with Crippen LogP contribution in [0.5, 0.6) is 5.75 Å². The second kappa shape index (κ2) is 4.51. The van der Waals surface area contributed by atoms with Gasteiger partial charge in [0.1, 0.15) is 5.75 Å². The Morgan fingerprint density at radius 2 is 2.15 bits per heavy atom. The lowest BCUT2D eigenvalue weighted by molar-refractivity contribution is 0.474. The molecule has 1 aromatic carbocycles. The van der Waals surface area contributed by atoms with E-state index in [1.54, 1.807) is 6.07 Å². The molecule has 0 saturated carbocycles. The number of aromatic hydroxyl groups is 1. The summed E-state index contributed by atoms with van der Waals surface area (Å²) in [7, 11) is 0. The van der Waals surface area contributed by atoms with Gasteiger partial charge < -0.3 is 5.11 Å². The molecule has 0 spiro atoms. The van der Waals surface area contributed by atoms with Gasteiger partial charge in [0, 0.05) is 5.56 Å². The molecule has 1 nitrogen and oxygen atoms in total. The van der Waals surface area contributed by atoms with Gasteiger partial charge in [0.05, 0.1) is 0 Å². The zero-order valence-electron chi connectivity index (χ0n) is 7.83. The molecule has 1 N–H and O–H groups in total. The van der Waals surface area contributed by atoms with Crippen molar-refractivity contribution in [3.05, 3.63) is 48.1 Å². The van der Waals surface area contributed by atoms with Gasteiger partial charge in [-0.2, -0.15) is 0 Å². The highest BCUT2D eigenvalue weighted by atomic mass is 16.3. The van der Waals surface area contributed by atoms with E-state index >= 15 is 0 Å². The van der Waals surface area contributed by atoms with Crippen molar-refractivity contribution in [3.63, 3.8) is 0 Å². The molecule has 0 unspecified atom stereocenters. The number of hydrogen-bond donors (Lipinski definition) is 1. The second-order valence-electron chi connectivity index (χ2n) is 3.04. The summed E-state index contributed by atoms with van der Waals surface area (Å²) in [5.74, 6) is 0.325. The first-order valence-corrected chi connectivity index (χ1v) is 4.30. The quantitative estimate of drug-likeness (QED) is 0.696. The molecular weight excluding hydrogens is 160 g/mol. The highest BCUT2D eigenvalue weighted by Crippen LogP contribution is 2.19. The van der Waals surface area contributed by atoms with Crippen LogP contribution in [-0.4, -0.2) is 5.11 Å². The molecule has 0 bridgehead atoms. The Hall–Kier alpha value is -1.50. The molecule has 0 atom stereocenters. The van der Waals surface area contributed by atoms with E-state index in [9.17, 15) is 5.11 Å². The molecule has 0 aliphatic heterocycles. The third kappa shape index (κ3) is 2.79. The Morgan fingerprint density at radius 3 is 2.77 bits per heavy atom. The van der Waals surface area contributed by atoms with E-state index < -0.39 is 0 Å². The van der Waals surface area contributed by atoms with Gasteiger partial charge in [-0.05, 0) is 19.4 Å². The van der Waals surface area contributed by atoms with Crippen LogP contribution in [0.1, 0.15) is 18.9 Å². The summed E-state index contributed by atoms with van der Waals surface area (Å²) in [6.07, 6.45) is 4.68. The standard InChI is InChI=1S/C12H14O/c1-3-6-10(2)9-11-7-4-5-8-12(11)13/h3-5,7-9,13H,1,6H2,2H3. The predicted octanol–water partition coefficient (Wildman–Crippen LogP) is 3.37. The van der Waals surface area contributed by atoms with E-state index in [1.165, 1.54) is 5.57 Å². The van der Waals surface area contributed by atoms with Crippen LogP contribution >= 0.6 is 0 Å². The summed E-state index contributed by atoms with van der Waals surface area (Å²) in [6, 6.07) is 7.30. The highest BCUT2D eigenvalue weighted by molar-refractivity contribution is 5.58. The van der Waals surface area contributed by atoms with Crippen molar-refractivity contribution < 1.29 is 5.11 Å². The van der Waals surface area contributed by atoms with Crippen molar-refractivity contribution >= 4 is 6.08 Å². The van der Waals surface area contributed by atoms with Gasteiger partial charge in [0.2, 0.25) is 0 Å². The van der Waals surface area contributed by atoms with E-state index in [0.29, 0.717) is 5.75 Å². The third-order valence-corrected chi connectivity index (χ3v) is 1.80. The summed E-state index contributed by atoms with van der Waals surface area (Å²) < 4.78 is 0. The van der Waals surface area contributed by atoms with Gasteiger partial charge in [0.15, 0.2) is 0 Å². The number of benzene rings is 1. The van der Waals surface area contributed by atoms with E-state index in [1.807, 2.05) is 37.3 Å². The maximum Gasteiger partial charge on any atom is 0.122 e. The predicted molar refractivity (Wildman–Crippen MR) is 56.6 cm³/mol. The molecule has 68 valence electrons. The normalized spacial score (nSPS) is 11.3. The summed E-state index contributed by atoms with van der Waals surface area (Å²) in [6.45, 7) is 5.68. The number of phenolic OH excluding ortho intramolecular Hbond substituents is 1. The fourth-order valence-electron chi connectivity index (χ4n) is 1.16. The molecule has 0 fully saturated rings. The first kappa shape index (κ1) is 9.59. The Balaban J connectivity index is 2.90. The minimum Gasteiger partial charge on any atom is -0.507 e. The fraction of sp³-hybridized carbons (Fsp3) is 0.167. The zero-order valence-corrected chi connectivity index (χ0v) is 7.83. The number of rotatable bonds is 3. The average Bonchev–Trinajstić information content (AvgIpc) is 2.09. The van der Waals surface area contributed by atoms with Crippen molar-refractivity contribution in [1.82, 2.24) is 0 Å². The largest absolute Gasteiger partial charge is 0.507 e. The average molecular weight is 174 g/mol. The van der Waals surface area contributed by atoms with Crippen molar-refractivity contribution in [2.24, 2.45) is 0 Å². The highest BCUT2D eigenvalue weighted by Gasteiger charge is 1.95. The maximum absolute atomic E-state index is 9.46. The number of phenols is 1. The molecule has 0 saturated heterocycles. The molecule has 0 aromatic heterocycles. The van der Waals surface area contributed by atoms with Gasteiger partial charge in [-0.15, -0.1) is 6.58 Å². The van der Waals surface area contributed by atoms with Crippen LogP contribution in [0.2, 0.25) is 0 Å². The molecular formula is C12H14O. The first-order valence-electron chi connectivity index (χ1n) is 4.30. The molecule has 0 aliphatic rings. The Morgan fingerprint density at radius 1 is 1.46 bits per heavy atom. The molecule has 1 aromatic rings. The monoisotopic (exact) mass is 174 g/mol. The SMILES string of the molecule is C=CCC(C)=Cc1ccccc1O. The minimum atomic E-state index is 0.325. The summed E-state index contributed by atoms with van der Waals surface area (Å²) >= 11 is 0. The first-order chi connectivity index (χ1) is 6.24. The summed E-state index contributed by atoms with van der Waals surface area (Å²) in [5, 5.41) is 9.46. The lowest BCUT2D eigenvalue weighted by atomic mass is 10.1. The molecule has 0 heterocycles. The van der Waals surface area contributed by atoms with Crippen LogP contribution in [0.25, 0.3) is 6.08 Å². The maximum atomic E-state index is 9.46. The van der Waals surface area contributed by atoms with Crippen molar-refractivity contribution in [3.8, 4) is 5.75 Å². The van der Waals surface area contributed by atoms with Gasteiger partial charge in [-0.3, -0.25) is 0 Å². The van der Waals surface area contributed by atoms with Crippen LogP contribution in [0.3, 0.4) is 0 Å². The van der Waals surface area contributed by atoms with Crippen molar-refractivity contribution in [2.45, 2.75) is 13.3 Å². The fourth-order valence-corrected chi connectivity index (χ4v) is 1.16. The van der Waals surface area contributed by atoms with Gasteiger partial charge in [-0.1, -0.05) is 35.9 Å². The van der Waals surface area contributed by atoms with Crippen LogP contribution in [-0.2, 0) is 0 Å². The second-order valence-corrected chi connectivity index (χ2v) is 3.04. The smallest absolute Gasteiger partial charge is 0.122 e. The molecule has 0 aliphatic carbocycles. The molecule has 1 rings (SSSR count). The van der Waals surface area contributed by atoms with Crippen molar-refractivity contribution in [2.75, 3.05) is 0 Å². The molecule has 0 amide bonds.